The van der Waals surface area contributed by atoms with Gasteiger partial charge in [0.25, 0.3) is 17.0 Å². The zero-order valence-corrected chi connectivity index (χ0v) is 19.5. The molecule has 0 unspecified atom stereocenters. The van der Waals surface area contributed by atoms with Crippen LogP contribution in [0.5, 0.6) is 11.5 Å². The Morgan fingerprint density at radius 1 is 1.17 bits per heavy atom. The van der Waals surface area contributed by atoms with Gasteiger partial charge in [0.15, 0.2) is 5.69 Å². The predicted molar refractivity (Wildman–Crippen MR) is 132 cm³/mol. The van der Waals surface area contributed by atoms with Crippen molar-refractivity contribution in [3.8, 4) is 23.3 Å². The second kappa shape index (κ2) is 9.94. The van der Waals surface area contributed by atoms with Gasteiger partial charge in [-0.15, -0.1) is 0 Å². The van der Waals surface area contributed by atoms with Crippen LogP contribution >= 0.6 is 0 Å². The van der Waals surface area contributed by atoms with E-state index in [9.17, 15) is 19.6 Å². The van der Waals surface area contributed by atoms with E-state index < -0.39 is 17.0 Å². The van der Waals surface area contributed by atoms with Gasteiger partial charge in [0.2, 0.25) is 0 Å². The van der Waals surface area contributed by atoms with Gasteiger partial charge in [-0.05, 0) is 43.3 Å². The largest absolute Gasteiger partial charge is 0.497 e. The molecule has 0 saturated carbocycles. The molecule has 1 amide bonds. The van der Waals surface area contributed by atoms with Gasteiger partial charge >= 0.3 is 0 Å². The highest BCUT2D eigenvalue weighted by Gasteiger charge is 2.21. The lowest BCUT2D eigenvalue weighted by molar-refractivity contribution is 0.0947. The van der Waals surface area contributed by atoms with Crippen molar-refractivity contribution in [1.29, 1.82) is 5.26 Å². The van der Waals surface area contributed by atoms with E-state index in [-0.39, 0.29) is 28.1 Å². The third-order valence-corrected chi connectivity index (χ3v) is 5.43. The fourth-order valence-electron chi connectivity index (χ4n) is 3.56. The summed E-state index contributed by atoms with van der Waals surface area (Å²) in [4.78, 5) is 40.9. The Hall–Kier alpha value is -5.24. The zero-order valence-electron chi connectivity index (χ0n) is 19.5. The average molecular weight is 484 g/mol. The minimum absolute atomic E-state index is 0.0944. The molecule has 2 heterocycles. The average Bonchev–Trinajstić information content (AvgIpc) is 2.89. The topological polar surface area (TPSA) is 151 Å². The molecule has 11 nitrogen and oxygen atoms in total. The summed E-state index contributed by atoms with van der Waals surface area (Å²) in [7, 11) is 2.96. The van der Waals surface area contributed by atoms with Crippen molar-refractivity contribution in [1.82, 2.24) is 20.2 Å². The second-order valence-corrected chi connectivity index (χ2v) is 7.56. The number of hydrazone groups is 1. The normalized spacial score (nSPS) is 10.8. The van der Waals surface area contributed by atoms with E-state index >= 15 is 0 Å². The number of carbonyl (C=O) groups excluding carboxylic acids is 1. The van der Waals surface area contributed by atoms with E-state index in [0.29, 0.717) is 22.4 Å². The Labute approximate surface area is 204 Å². The molecular formula is C25H20N6O5. The molecule has 0 aliphatic rings. The van der Waals surface area contributed by atoms with Crippen molar-refractivity contribution in [2.24, 2.45) is 5.10 Å². The summed E-state index contributed by atoms with van der Waals surface area (Å²) in [6.07, 6.45) is 1.19. The van der Waals surface area contributed by atoms with E-state index in [1.807, 2.05) is 6.07 Å². The molecule has 4 rings (SSSR count). The number of H-pyrrole nitrogens is 1. The summed E-state index contributed by atoms with van der Waals surface area (Å²) in [5, 5.41) is 18.3. The Balaban J connectivity index is 1.69. The van der Waals surface area contributed by atoms with Crippen molar-refractivity contribution >= 4 is 23.0 Å². The van der Waals surface area contributed by atoms with Crippen LogP contribution in [-0.4, -0.2) is 41.1 Å². The van der Waals surface area contributed by atoms with Crippen LogP contribution in [0.3, 0.4) is 0 Å². The maximum atomic E-state index is 12.9. The first-order chi connectivity index (χ1) is 17.4. The fourth-order valence-corrected chi connectivity index (χ4v) is 3.56. The fraction of sp³-hybridized carbons (Fsp3) is 0.120. The van der Waals surface area contributed by atoms with Crippen LogP contribution in [0.4, 0.5) is 0 Å². The van der Waals surface area contributed by atoms with E-state index in [2.05, 4.69) is 20.6 Å². The summed E-state index contributed by atoms with van der Waals surface area (Å²) in [5.74, 6) is 0.171. The Morgan fingerprint density at radius 2 is 1.94 bits per heavy atom. The number of rotatable bonds is 6. The van der Waals surface area contributed by atoms with Crippen LogP contribution in [0.2, 0.25) is 0 Å². The molecular weight excluding hydrogens is 464 g/mol. The van der Waals surface area contributed by atoms with Gasteiger partial charge in [-0.3, -0.25) is 14.4 Å². The van der Waals surface area contributed by atoms with Gasteiger partial charge in [-0.25, -0.2) is 5.43 Å². The molecule has 2 aromatic carbocycles. The summed E-state index contributed by atoms with van der Waals surface area (Å²) in [6.45, 7) is 1.44. The molecule has 0 atom stereocenters. The molecule has 4 aromatic rings. The number of hydrogen-bond donors (Lipinski definition) is 2. The minimum atomic E-state index is -0.775. The third-order valence-electron chi connectivity index (χ3n) is 5.43. The number of methoxy groups -OCH3 is 2. The van der Waals surface area contributed by atoms with E-state index in [4.69, 9.17) is 9.47 Å². The lowest BCUT2D eigenvalue weighted by Gasteiger charge is -2.13. The second-order valence-electron chi connectivity index (χ2n) is 7.56. The predicted octanol–water partition coefficient (Wildman–Crippen LogP) is 2.04. The smallest absolute Gasteiger partial charge is 0.292 e. The summed E-state index contributed by atoms with van der Waals surface area (Å²) in [6, 6.07) is 15.2. The Kier molecular flexibility index (Phi) is 6.60. The third kappa shape index (κ3) is 4.43. The van der Waals surface area contributed by atoms with E-state index in [0.717, 1.165) is 4.68 Å². The number of nitrogens with zero attached hydrogens (tertiary/aromatic N) is 4. The Morgan fingerprint density at radius 3 is 2.67 bits per heavy atom. The number of amides is 1. The van der Waals surface area contributed by atoms with Crippen LogP contribution in [0, 0.1) is 18.3 Å². The molecule has 2 N–H and O–H groups in total. The van der Waals surface area contributed by atoms with Crippen molar-refractivity contribution < 1.29 is 14.3 Å². The monoisotopic (exact) mass is 484 g/mol. The van der Waals surface area contributed by atoms with Gasteiger partial charge < -0.3 is 14.5 Å². The number of aromatic amines is 1. The molecule has 0 spiro atoms. The molecule has 0 fully saturated rings. The number of nitriles is 1. The maximum Gasteiger partial charge on any atom is 0.292 e. The zero-order chi connectivity index (χ0) is 25.8. The highest BCUT2D eigenvalue weighted by molar-refractivity contribution is 5.95. The van der Waals surface area contributed by atoms with Gasteiger partial charge in [0.05, 0.1) is 26.0 Å². The first kappa shape index (κ1) is 23.9. The molecule has 0 bridgehead atoms. The molecule has 11 heteroatoms. The van der Waals surface area contributed by atoms with Crippen molar-refractivity contribution in [3.05, 3.63) is 91.6 Å². The molecule has 0 radical (unpaired) electrons. The van der Waals surface area contributed by atoms with Crippen LogP contribution in [0.1, 0.15) is 27.2 Å². The van der Waals surface area contributed by atoms with Crippen molar-refractivity contribution in [3.63, 3.8) is 0 Å². The highest BCUT2D eigenvalue weighted by Crippen LogP contribution is 2.21. The Bertz CT molecular complexity index is 1680. The SMILES string of the molecule is COc1ccc2[nH]c(=O)c(/C=N/NC(=O)c3nn(-c4ccccc4OC)c(=O)c(C#N)c3C)cc2c1. The number of pyridine rings is 1. The number of fused-ring (bicyclic) bond motifs is 1. The number of carbonyl (C=O) groups is 1. The first-order valence-electron chi connectivity index (χ1n) is 10.6. The quantitative estimate of drug-likeness (QED) is 0.314. The number of ether oxygens (including phenoxy) is 2. The summed E-state index contributed by atoms with van der Waals surface area (Å²) >= 11 is 0. The molecule has 0 aliphatic carbocycles. The van der Waals surface area contributed by atoms with Crippen LogP contribution in [0.25, 0.3) is 16.6 Å². The van der Waals surface area contributed by atoms with Crippen molar-refractivity contribution in [2.45, 2.75) is 6.92 Å². The molecule has 2 aromatic heterocycles. The highest BCUT2D eigenvalue weighted by atomic mass is 16.5. The summed E-state index contributed by atoms with van der Waals surface area (Å²) < 4.78 is 11.4. The number of para-hydroxylation sites is 2. The number of nitrogens with one attached hydrogen (secondary N) is 2. The van der Waals surface area contributed by atoms with Gasteiger partial charge in [-0.2, -0.15) is 20.1 Å². The molecule has 0 saturated heterocycles. The van der Waals surface area contributed by atoms with E-state index in [1.165, 1.54) is 27.4 Å². The first-order valence-corrected chi connectivity index (χ1v) is 10.6. The summed E-state index contributed by atoms with van der Waals surface area (Å²) in [5.41, 5.74) is 1.93. The number of aromatic nitrogens is 3. The van der Waals surface area contributed by atoms with Crippen LogP contribution < -0.4 is 26.0 Å². The standard InChI is InChI=1S/C25H20N6O5/c1-14-18(12-26)25(34)31(20-6-4-5-7-21(20)36-3)30-22(14)24(33)29-27-13-16-10-15-11-17(35-2)8-9-19(15)28-23(16)32/h4-11,13H,1-3H3,(H,28,32)(H,29,33)/b27-13+. The lowest BCUT2D eigenvalue weighted by Crippen LogP contribution is -2.31. The number of hydrogen-bond acceptors (Lipinski definition) is 8. The van der Waals surface area contributed by atoms with Crippen molar-refractivity contribution in [2.75, 3.05) is 14.2 Å². The van der Waals surface area contributed by atoms with E-state index in [1.54, 1.807) is 48.5 Å². The minimum Gasteiger partial charge on any atom is -0.497 e. The molecule has 36 heavy (non-hydrogen) atoms. The van der Waals surface area contributed by atoms with Crippen LogP contribution in [0.15, 0.2) is 63.2 Å². The molecule has 180 valence electrons. The number of benzene rings is 2. The van der Waals surface area contributed by atoms with Gasteiger partial charge in [0.1, 0.15) is 28.8 Å². The van der Waals surface area contributed by atoms with Gasteiger partial charge in [0, 0.05) is 16.5 Å². The maximum absolute atomic E-state index is 12.9. The lowest BCUT2D eigenvalue weighted by atomic mass is 10.1. The molecule has 0 aliphatic heterocycles. The van der Waals surface area contributed by atoms with Crippen LogP contribution in [-0.2, 0) is 0 Å². The van der Waals surface area contributed by atoms with Gasteiger partial charge in [-0.1, -0.05) is 12.1 Å².